The molecule has 1 rings (SSSR count). The molecule has 16 heavy (non-hydrogen) atoms. The summed E-state index contributed by atoms with van der Waals surface area (Å²) in [4.78, 5) is 17.9. The van der Waals surface area contributed by atoms with E-state index in [2.05, 4.69) is 10.3 Å². The molecule has 4 heteroatoms. The standard InChI is InChI=1S/C12H19N3O/c1-5-14-11-8-13-7-6-10(11)12(16)15(4)9(2)3/h6-9,14H,5H2,1-4H3. The fourth-order valence-corrected chi connectivity index (χ4v) is 1.34. The fraction of sp³-hybridized carbons (Fsp3) is 0.500. The highest BCUT2D eigenvalue weighted by atomic mass is 16.2. The Bertz CT molecular complexity index is 363. The van der Waals surface area contributed by atoms with Gasteiger partial charge in [-0.25, -0.2) is 0 Å². The van der Waals surface area contributed by atoms with E-state index in [-0.39, 0.29) is 11.9 Å². The molecule has 0 atom stereocenters. The van der Waals surface area contributed by atoms with Gasteiger partial charge in [-0.15, -0.1) is 0 Å². The quantitative estimate of drug-likeness (QED) is 0.845. The molecule has 0 radical (unpaired) electrons. The van der Waals surface area contributed by atoms with Crippen LogP contribution in [0.25, 0.3) is 0 Å². The molecule has 0 bridgehead atoms. The second-order valence-corrected chi connectivity index (χ2v) is 3.96. The van der Waals surface area contributed by atoms with E-state index in [1.807, 2.05) is 27.8 Å². The molecule has 0 spiro atoms. The third kappa shape index (κ3) is 2.72. The SMILES string of the molecule is CCNc1cnccc1C(=O)N(C)C(C)C. The van der Waals surface area contributed by atoms with E-state index in [9.17, 15) is 4.79 Å². The van der Waals surface area contributed by atoms with Crippen LogP contribution >= 0.6 is 0 Å². The monoisotopic (exact) mass is 221 g/mol. The van der Waals surface area contributed by atoms with Crippen LogP contribution in [-0.2, 0) is 0 Å². The lowest BCUT2D eigenvalue weighted by Crippen LogP contribution is -2.33. The van der Waals surface area contributed by atoms with Gasteiger partial charge < -0.3 is 10.2 Å². The number of nitrogens with one attached hydrogen (secondary N) is 1. The Morgan fingerprint density at radius 1 is 1.56 bits per heavy atom. The summed E-state index contributed by atoms with van der Waals surface area (Å²) in [6.07, 6.45) is 3.33. The second kappa shape index (κ2) is 5.49. The molecule has 0 unspecified atom stereocenters. The Kier molecular flexibility index (Phi) is 4.28. The lowest BCUT2D eigenvalue weighted by molar-refractivity contribution is 0.0756. The van der Waals surface area contributed by atoms with E-state index in [1.54, 1.807) is 23.4 Å². The van der Waals surface area contributed by atoms with Gasteiger partial charge >= 0.3 is 0 Å². The zero-order chi connectivity index (χ0) is 12.1. The largest absolute Gasteiger partial charge is 0.383 e. The first-order chi connectivity index (χ1) is 7.57. The van der Waals surface area contributed by atoms with E-state index >= 15 is 0 Å². The van der Waals surface area contributed by atoms with E-state index in [0.29, 0.717) is 5.56 Å². The van der Waals surface area contributed by atoms with Crippen molar-refractivity contribution in [2.75, 3.05) is 18.9 Å². The molecule has 1 heterocycles. The minimum atomic E-state index is 0.0216. The maximum Gasteiger partial charge on any atom is 0.256 e. The van der Waals surface area contributed by atoms with E-state index < -0.39 is 0 Å². The highest BCUT2D eigenvalue weighted by molar-refractivity contribution is 5.99. The molecular formula is C12H19N3O. The van der Waals surface area contributed by atoms with Gasteiger partial charge in [0.2, 0.25) is 0 Å². The molecule has 0 aromatic carbocycles. The Morgan fingerprint density at radius 3 is 2.81 bits per heavy atom. The molecule has 0 saturated carbocycles. The highest BCUT2D eigenvalue weighted by Crippen LogP contribution is 2.16. The summed E-state index contributed by atoms with van der Waals surface area (Å²) in [7, 11) is 1.81. The summed E-state index contributed by atoms with van der Waals surface area (Å²) in [5.74, 6) is 0.0216. The predicted molar refractivity (Wildman–Crippen MR) is 65.6 cm³/mol. The maximum absolute atomic E-state index is 12.1. The Labute approximate surface area is 96.7 Å². The van der Waals surface area contributed by atoms with Crippen molar-refractivity contribution in [3.05, 3.63) is 24.0 Å². The molecule has 1 amide bonds. The topological polar surface area (TPSA) is 45.2 Å². The number of carbonyl (C=O) groups is 1. The molecule has 0 aliphatic heterocycles. The van der Waals surface area contributed by atoms with Crippen LogP contribution in [0.4, 0.5) is 5.69 Å². The number of nitrogens with zero attached hydrogens (tertiary/aromatic N) is 2. The summed E-state index contributed by atoms with van der Waals surface area (Å²) >= 11 is 0. The fourth-order valence-electron chi connectivity index (χ4n) is 1.34. The Hall–Kier alpha value is -1.58. The number of amides is 1. The van der Waals surface area contributed by atoms with Crippen molar-refractivity contribution in [3.8, 4) is 0 Å². The van der Waals surface area contributed by atoms with Crippen molar-refractivity contribution in [2.45, 2.75) is 26.8 Å². The van der Waals surface area contributed by atoms with Gasteiger partial charge in [0.05, 0.1) is 17.4 Å². The molecule has 1 aromatic heterocycles. The maximum atomic E-state index is 12.1. The third-order valence-electron chi connectivity index (χ3n) is 2.51. The molecule has 0 saturated heterocycles. The molecule has 1 aromatic rings. The minimum Gasteiger partial charge on any atom is -0.383 e. The number of aromatic nitrogens is 1. The first-order valence-corrected chi connectivity index (χ1v) is 5.53. The lowest BCUT2D eigenvalue weighted by Gasteiger charge is -2.22. The average molecular weight is 221 g/mol. The Morgan fingerprint density at radius 2 is 2.25 bits per heavy atom. The van der Waals surface area contributed by atoms with Gasteiger partial charge in [-0.05, 0) is 26.8 Å². The molecule has 1 N–H and O–H groups in total. The lowest BCUT2D eigenvalue weighted by atomic mass is 10.2. The molecule has 88 valence electrons. The number of carbonyl (C=O) groups excluding carboxylic acids is 1. The zero-order valence-electron chi connectivity index (χ0n) is 10.3. The number of rotatable bonds is 4. The van der Waals surface area contributed by atoms with E-state index in [0.717, 1.165) is 12.2 Å². The second-order valence-electron chi connectivity index (χ2n) is 3.96. The summed E-state index contributed by atoms with van der Waals surface area (Å²) in [5, 5.41) is 3.14. The van der Waals surface area contributed by atoms with Crippen molar-refractivity contribution in [2.24, 2.45) is 0 Å². The van der Waals surface area contributed by atoms with Gasteiger partial charge in [0.1, 0.15) is 0 Å². The van der Waals surface area contributed by atoms with Gasteiger partial charge in [0, 0.05) is 25.8 Å². The van der Waals surface area contributed by atoms with Crippen molar-refractivity contribution in [1.82, 2.24) is 9.88 Å². The third-order valence-corrected chi connectivity index (χ3v) is 2.51. The van der Waals surface area contributed by atoms with Gasteiger partial charge in [0.15, 0.2) is 0 Å². The van der Waals surface area contributed by atoms with Crippen LogP contribution in [-0.4, -0.2) is 35.4 Å². The van der Waals surface area contributed by atoms with Crippen LogP contribution < -0.4 is 5.32 Å². The number of pyridine rings is 1. The number of hydrogen-bond donors (Lipinski definition) is 1. The van der Waals surface area contributed by atoms with Crippen molar-refractivity contribution >= 4 is 11.6 Å². The first kappa shape index (κ1) is 12.5. The summed E-state index contributed by atoms with van der Waals surface area (Å²) < 4.78 is 0. The zero-order valence-corrected chi connectivity index (χ0v) is 10.3. The van der Waals surface area contributed by atoms with Crippen LogP contribution in [0, 0.1) is 0 Å². The summed E-state index contributed by atoms with van der Waals surface area (Å²) in [6, 6.07) is 1.94. The number of hydrogen-bond acceptors (Lipinski definition) is 3. The molecule has 0 aliphatic rings. The molecule has 4 nitrogen and oxygen atoms in total. The van der Waals surface area contributed by atoms with Gasteiger partial charge in [-0.3, -0.25) is 9.78 Å². The van der Waals surface area contributed by atoms with Gasteiger partial charge in [-0.1, -0.05) is 0 Å². The molecule has 0 fully saturated rings. The highest BCUT2D eigenvalue weighted by Gasteiger charge is 2.17. The van der Waals surface area contributed by atoms with E-state index in [4.69, 9.17) is 0 Å². The van der Waals surface area contributed by atoms with Crippen LogP contribution in [0.5, 0.6) is 0 Å². The summed E-state index contributed by atoms with van der Waals surface area (Å²) in [6.45, 7) is 6.75. The first-order valence-electron chi connectivity index (χ1n) is 5.53. The van der Waals surface area contributed by atoms with Crippen LogP contribution in [0.1, 0.15) is 31.1 Å². The smallest absolute Gasteiger partial charge is 0.256 e. The normalized spacial score (nSPS) is 10.3. The van der Waals surface area contributed by atoms with Crippen LogP contribution in [0.2, 0.25) is 0 Å². The van der Waals surface area contributed by atoms with Gasteiger partial charge in [0.25, 0.3) is 5.91 Å². The number of anilines is 1. The molecule has 0 aliphatic carbocycles. The minimum absolute atomic E-state index is 0.0216. The summed E-state index contributed by atoms with van der Waals surface area (Å²) in [5.41, 5.74) is 1.47. The predicted octanol–water partition coefficient (Wildman–Crippen LogP) is 1.99. The Balaban J connectivity index is 2.98. The van der Waals surface area contributed by atoms with Crippen LogP contribution in [0.15, 0.2) is 18.5 Å². The van der Waals surface area contributed by atoms with Crippen LogP contribution in [0.3, 0.4) is 0 Å². The van der Waals surface area contributed by atoms with Gasteiger partial charge in [-0.2, -0.15) is 0 Å². The van der Waals surface area contributed by atoms with Crippen molar-refractivity contribution in [1.29, 1.82) is 0 Å². The average Bonchev–Trinajstić information content (AvgIpc) is 2.28. The van der Waals surface area contributed by atoms with Crippen molar-refractivity contribution in [3.63, 3.8) is 0 Å². The van der Waals surface area contributed by atoms with E-state index in [1.165, 1.54) is 0 Å². The van der Waals surface area contributed by atoms with Crippen molar-refractivity contribution < 1.29 is 4.79 Å². The molecular weight excluding hydrogens is 202 g/mol.